The van der Waals surface area contributed by atoms with E-state index in [0.29, 0.717) is 0 Å². The average Bonchev–Trinajstić information content (AvgIpc) is 1.88. The first-order valence-electron chi connectivity index (χ1n) is 4.14. The van der Waals surface area contributed by atoms with Gasteiger partial charge in [-0.2, -0.15) is 0 Å². The lowest BCUT2D eigenvalue weighted by molar-refractivity contribution is -0.00562. The summed E-state index contributed by atoms with van der Waals surface area (Å²) in [7, 11) is 0. The lowest BCUT2D eigenvalue weighted by atomic mass is 9.81. The minimum Gasteiger partial charge on any atom is -0.390 e. The smallest absolute Gasteiger partial charge is 0.0660 e. The van der Waals surface area contributed by atoms with E-state index in [2.05, 4.69) is 0 Å². The molecule has 10 heavy (non-hydrogen) atoms. The van der Waals surface area contributed by atoms with Gasteiger partial charge < -0.3 is 10.8 Å². The van der Waals surface area contributed by atoms with Gasteiger partial charge in [0.15, 0.2) is 0 Å². The standard InChI is InChI=1S/C8H17NO/c1-2-8(10)5-3-4-7(9)6-8/h7,10H,2-6,9H2,1H3/t7-,8-/m1/s1. The predicted octanol–water partition coefficient (Wildman–Crippen LogP) is 1.03. The van der Waals surface area contributed by atoms with Crippen LogP contribution in [-0.2, 0) is 0 Å². The van der Waals surface area contributed by atoms with Crippen LogP contribution in [0.2, 0.25) is 0 Å². The molecule has 1 fully saturated rings. The fourth-order valence-corrected chi connectivity index (χ4v) is 1.71. The molecular weight excluding hydrogens is 126 g/mol. The molecule has 0 spiro atoms. The molecule has 0 aliphatic heterocycles. The Balaban J connectivity index is 2.45. The van der Waals surface area contributed by atoms with E-state index in [1.165, 1.54) is 0 Å². The molecule has 0 aromatic rings. The fraction of sp³-hybridized carbons (Fsp3) is 1.00. The molecular formula is C8H17NO. The van der Waals surface area contributed by atoms with Crippen LogP contribution in [0.25, 0.3) is 0 Å². The van der Waals surface area contributed by atoms with Crippen LogP contribution in [0, 0.1) is 0 Å². The van der Waals surface area contributed by atoms with E-state index in [0.717, 1.165) is 32.1 Å². The Morgan fingerprint density at radius 1 is 1.70 bits per heavy atom. The highest BCUT2D eigenvalue weighted by Gasteiger charge is 2.30. The predicted molar refractivity (Wildman–Crippen MR) is 41.7 cm³/mol. The summed E-state index contributed by atoms with van der Waals surface area (Å²) in [6, 6.07) is 0.235. The van der Waals surface area contributed by atoms with Crippen LogP contribution in [-0.4, -0.2) is 16.7 Å². The first-order chi connectivity index (χ1) is 4.66. The highest BCUT2D eigenvalue weighted by Crippen LogP contribution is 2.29. The maximum atomic E-state index is 9.77. The van der Waals surface area contributed by atoms with E-state index >= 15 is 0 Å². The quantitative estimate of drug-likeness (QED) is 0.576. The second-order valence-corrected chi connectivity index (χ2v) is 3.43. The van der Waals surface area contributed by atoms with Crippen LogP contribution in [0.3, 0.4) is 0 Å². The first kappa shape index (κ1) is 8.02. The molecule has 1 saturated carbocycles. The summed E-state index contributed by atoms with van der Waals surface area (Å²) in [4.78, 5) is 0. The molecule has 3 N–H and O–H groups in total. The van der Waals surface area contributed by atoms with Crippen molar-refractivity contribution in [1.82, 2.24) is 0 Å². The molecule has 2 atom stereocenters. The Kier molecular flexibility index (Phi) is 2.32. The molecule has 2 heteroatoms. The van der Waals surface area contributed by atoms with Crippen molar-refractivity contribution in [2.24, 2.45) is 5.73 Å². The van der Waals surface area contributed by atoms with Gasteiger partial charge in [0.05, 0.1) is 5.60 Å². The molecule has 1 aliphatic rings. The molecule has 0 unspecified atom stereocenters. The molecule has 1 rings (SSSR count). The normalized spacial score (nSPS) is 41.7. The Labute approximate surface area is 62.4 Å². The Morgan fingerprint density at radius 3 is 2.80 bits per heavy atom. The van der Waals surface area contributed by atoms with E-state index in [1.54, 1.807) is 0 Å². The minimum atomic E-state index is -0.433. The van der Waals surface area contributed by atoms with Crippen molar-refractivity contribution in [1.29, 1.82) is 0 Å². The van der Waals surface area contributed by atoms with E-state index in [1.807, 2.05) is 6.92 Å². The van der Waals surface area contributed by atoms with Crippen molar-refractivity contribution in [2.75, 3.05) is 0 Å². The number of nitrogens with two attached hydrogens (primary N) is 1. The zero-order chi connectivity index (χ0) is 7.61. The van der Waals surface area contributed by atoms with Crippen molar-refractivity contribution >= 4 is 0 Å². The van der Waals surface area contributed by atoms with Crippen LogP contribution in [0.1, 0.15) is 39.0 Å². The van der Waals surface area contributed by atoms with Crippen LogP contribution in [0.4, 0.5) is 0 Å². The van der Waals surface area contributed by atoms with Crippen molar-refractivity contribution in [3.8, 4) is 0 Å². The van der Waals surface area contributed by atoms with Crippen LogP contribution >= 0.6 is 0 Å². The number of rotatable bonds is 1. The van der Waals surface area contributed by atoms with Crippen LogP contribution in [0.15, 0.2) is 0 Å². The van der Waals surface area contributed by atoms with Crippen molar-refractivity contribution < 1.29 is 5.11 Å². The third kappa shape index (κ3) is 1.70. The van der Waals surface area contributed by atoms with E-state index in [9.17, 15) is 5.11 Å². The summed E-state index contributed by atoms with van der Waals surface area (Å²) in [6.07, 6.45) is 4.76. The van der Waals surface area contributed by atoms with Gasteiger partial charge in [0.25, 0.3) is 0 Å². The van der Waals surface area contributed by atoms with Gasteiger partial charge in [0.2, 0.25) is 0 Å². The second kappa shape index (κ2) is 2.89. The molecule has 0 radical (unpaired) electrons. The van der Waals surface area contributed by atoms with Crippen molar-refractivity contribution in [2.45, 2.75) is 50.7 Å². The fourth-order valence-electron chi connectivity index (χ4n) is 1.71. The Hall–Kier alpha value is -0.0800. The Bertz CT molecular complexity index is 116. The topological polar surface area (TPSA) is 46.2 Å². The summed E-state index contributed by atoms with van der Waals surface area (Å²) >= 11 is 0. The van der Waals surface area contributed by atoms with Gasteiger partial charge in [0.1, 0.15) is 0 Å². The van der Waals surface area contributed by atoms with Crippen molar-refractivity contribution in [3.63, 3.8) is 0 Å². The van der Waals surface area contributed by atoms with Gasteiger partial charge >= 0.3 is 0 Å². The van der Waals surface area contributed by atoms with Crippen LogP contribution in [0.5, 0.6) is 0 Å². The van der Waals surface area contributed by atoms with E-state index in [4.69, 9.17) is 5.73 Å². The van der Waals surface area contributed by atoms with Crippen LogP contribution < -0.4 is 5.73 Å². The largest absolute Gasteiger partial charge is 0.390 e. The SMILES string of the molecule is CC[C@@]1(O)CCC[C@@H](N)C1. The molecule has 0 aromatic heterocycles. The zero-order valence-electron chi connectivity index (χ0n) is 6.64. The van der Waals surface area contributed by atoms with Gasteiger partial charge in [-0.05, 0) is 32.1 Å². The maximum Gasteiger partial charge on any atom is 0.0660 e. The number of aliphatic hydroxyl groups is 1. The van der Waals surface area contributed by atoms with Gasteiger partial charge in [0, 0.05) is 6.04 Å². The van der Waals surface area contributed by atoms with Gasteiger partial charge in [-0.1, -0.05) is 6.92 Å². The lowest BCUT2D eigenvalue weighted by Gasteiger charge is -2.34. The summed E-state index contributed by atoms with van der Waals surface area (Å²) in [5, 5.41) is 9.77. The highest BCUT2D eigenvalue weighted by molar-refractivity contribution is 4.86. The number of hydrogen-bond donors (Lipinski definition) is 2. The molecule has 0 amide bonds. The zero-order valence-corrected chi connectivity index (χ0v) is 6.64. The lowest BCUT2D eigenvalue weighted by Crippen LogP contribution is -2.40. The molecule has 2 nitrogen and oxygen atoms in total. The molecule has 1 aliphatic carbocycles. The number of hydrogen-bond acceptors (Lipinski definition) is 2. The molecule has 0 heterocycles. The summed E-state index contributed by atoms with van der Waals surface area (Å²) < 4.78 is 0. The monoisotopic (exact) mass is 143 g/mol. The maximum absolute atomic E-state index is 9.77. The first-order valence-corrected chi connectivity index (χ1v) is 4.14. The highest BCUT2D eigenvalue weighted by atomic mass is 16.3. The second-order valence-electron chi connectivity index (χ2n) is 3.43. The Morgan fingerprint density at radius 2 is 2.40 bits per heavy atom. The minimum absolute atomic E-state index is 0.235. The third-order valence-electron chi connectivity index (χ3n) is 2.52. The van der Waals surface area contributed by atoms with Gasteiger partial charge in [-0.25, -0.2) is 0 Å². The summed E-state index contributed by atoms with van der Waals surface area (Å²) in [5.74, 6) is 0. The van der Waals surface area contributed by atoms with E-state index < -0.39 is 5.60 Å². The van der Waals surface area contributed by atoms with Gasteiger partial charge in [-0.15, -0.1) is 0 Å². The molecule has 0 saturated heterocycles. The van der Waals surface area contributed by atoms with Crippen molar-refractivity contribution in [3.05, 3.63) is 0 Å². The third-order valence-corrected chi connectivity index (χ3v) is 2.52. The average molecular weight is 143 g/mol. The van der Waals surface area contributed by atoms with Gasteiger partial charge in [-0.3, -0.25) is 0 Å². The van der Waals surface area contributed by atoms with E-state index in [-0.39, 0.29) is 6.04 Å². The molecule has 0 aromatic carbocycles. The summed E-state index contributed by atoms with van der Waals surface area (Å²) in [5.41, 5.74) is 5.29. The summed E-state index contributed by atoms with van der Waals surface area (Å²) in [6.45, 7) is 2.03. The molecule has 0 bridgehead atoms. The molecule has 60 valence electrons.